The maximum atomic E-state index is 12.9. The molecule has 0 bridgehead atoms. The second-order valence-corrected chi connectivity index (χ2v) is 7.07. The summed E-state index contributed by atoms with van der Waals surface area (Å²) in [5, 5.41) is 5.96. The number of ether oxygens (including phenoxy) is 1. The van der Waals surface area contributed by atoms with Crippen molar-refractivity contribution in [1.82, 2.24) is 0 Å². The number of amides is 1. The Morgan fingerprint density at radius 2 is 1.64 bits per heavy atom. The molecule has 1 saturated heterocycles. The molecule has 5 nitrogen and oxygen atoms in total. The Morgan fingerprint density at radius 3 is 2.29 bits per heavy atom. The number of carbonyl (C=O) groups is 1. The topological polar surface area (TPSA) is 45.1 Å². The summed E-state index contributed by atoms with van der Waals surface area (Å²) in [5.74, 6) is -0.0843. The molecule has 2 heterocycles. The minimum absolute atomic E-state index is 0.0843. The van der Waals surface area contributed by atoms with Gasteiger partial charge < -0.3 is 9.64 Å². The van der Waals surface area contributed by atoms with Crippen LogP contribution in [-0.2, 0) is 16.0 Å². The van der Waals surface area contributed by atoms with Crippen LogP contribution in [-0.4, -0.2) is 37.9 Å². The van der Waals surface area contributed by atoms with Crippen molar-refractivity contribution >= 4 is 29.1 Å². The van der Waals surface area contributed by atoms with E-state index in [1.54, 1.807) is 0 Å². The summed E-state index contributed by atoms with van der Waals surface area (Å²) < 4.78 is 5.41. The highest BCUT2D eigenvalue weighted by Gasteiger charge is 2.28. The van der Waals surface area contributed by atoms with Gasteiger partial charge in [-0.15, -0.1) is 0 Å². The second kappa shape index (κ2) is 7.98. The van der Waals surface area contributed by atoms with E-state index in [9.17, 15) is 4.79 Å². The number of rotatable bonds is 4. The van der Waals surface area contributed by atoms with Crippen molar-refractivity contribution in [2.45, 2.75) is 20.3 Å². The van der Waals surface area contributed by atoms with Crippen LogP contribution in [0.5, 0.6) is 0 Å². The van der Waals surface area contributed by atoms with Gasteiger partial charge in [0.2, 0.25) is 0 Å². The molecule has 0 radical (unpaired) electrons. The summed E-state index contributed by atoms with van der Waals surface area (Å²) in [4.78, 5) is 15.2. The minimum Gasteiger partial charge on any atom is -0.378 e. The Labute approximate surface area is 165 Å². The predicted molar refractivity (Wildman–Crippen MR) is 114 cm³/mol. The molecule has 2 aliphatic rings. The van der Waals surface area contributed by atoms with E-state index in [2.05, 4.69) is 41.2 Å². The fraction of sp³-hybridized carbons (Fsp3) is 0.304. The SMILES string of the molecule is CCc1ccc(N2N=C(C)/C(=C\c3ccc(N4CCOCC4)cc3)C2=O)cc1. The van der Waals surface area contributed by atoms with Crippen LogP contribution in [0.1, 0.15) is 25.0 Å². The Hall–Kier alpha value is -2.92. The molecule has 0 unspecified atom stereocenters. The monoisotopic (exact) mass is 375 g/mol. The van der Waals surface area contributed by atoms with E-state index in [0.29, 0.717) is 5.57 Å². The van der Waals surface area contributed by atoms with Gasteiger partial charge in [-0.25, -0.2) is 0 Å². The van der Waals surface area contributed by atoms with Crippen molar-refractivity contribution in [2.75, 3.05) is 36.2 Å². The van der Waals surface area contributed by atoms with Crippen LogP contribution in [0.4, 0.5) is 11.4 Å². The Bertz CT molecular complexity index is 908. The van der Waals surface area contributed by atoms with Crippen LogP contribution in [0, 0.1) is 0 Å². The van der Waals surface area contributed by atoms with E-state index in [-0.39, 0.29) is 5.91 Å². The molecule has 2 aliphatic heterocycles. The number of anilines is 2. The zero-order valence-corrected chi connectivity index (χ0v) is 16.4. The molecule has 0 saturated carbocycles. The molecule has 144 valence electrons. The van der Waals surface area contributed by atoms with Gasteiger partial charge in [0.1, 0.15) is 0 Å². The van der Waals surface area contributed by atoms with Crippen LogP contribution in [0.3, 0.4) is 0 Å². The van der Waals surface area contributed by atoms with Crippen molar-refractivity contribution in [2.24, 2.45) is 5.10 Å². The van der Waals surface area contributed by atoms with Crippen molar-refractivity contribution in [1.29, 1.82) is 0 Å². The molecule has 0 aliphatic carbocycles. The van der Waals surface area contributed by atoms with Gasteiger partial charge in [-0.2, -0.15) is 10.1 Å². The van der Waals surface area contributed by atoms with E-state index < -0.39 is 0 Å². The largest absolute Gasteiger partial charge is 0.378 e. The Balaban J connectivity index is 1.52. The van der Waals surface area contributed by atoms with Crippen LogP contribution in [0.15, 0.2) is 59.2 Å². The first-order valence-electron chi connectivity index (χ1n) is 9.79. The summed E-state index contributed by atoms with van der Waals surface area (Å²) >= 11 is 0. The molecule has 1 fully saturated rings. The van der Waals surface area contributed by atoms with E-state index in [0.717, 1.165) is 49.7 Å². The summed E-state index contributed by atoms with van der Waals surface area (Å²) in [6.45, 7) is 7.36. The van der Waals surface area contributed by atoms with Gasteiger partial charge >= 0.3 is 0 Å². The first-order chi connectivity index (χ1) is 13.7. The Kier molecular flexibility index (Phi) is 5.26. The number of hydrazone groups is 1. The standard InChI is InChI=1S/C23H25N3O2/c1-3-18-4-10-21(11-5-18)26-23(27)22(17(2)24-26)16-19-6-8-20(9-7-19)25-12-14-28-15-13-25/h4-11,16H,3,12-15H2,1-2H3/b22-16+. The summed E-state index contributed by atoms with van der Waals surface area (Å²) in [7, 11) is 0. The smallest absolute Gasteiger partial charge is 0.280 e. The van der Waals surface area contributed by atoms with Crippen molar-refractivity contribution in [3.05, 3.63) is 65.2 Å². The van der Waals surface area contributed by atoms with Crippen LogP contribution >= 0.6 is 0 Å². The lowest BCUT2D eigenvalue weighted by Crippen LogP contribution is -2.36. The zero-order valence-electron chi connectivity index (χ0n) is 16.4. The molecular formula is C23H25N3O2. The fourth-order valence-electron chi connectivity index (χ4n) is 3.50. The molecule has 28 heavy (non-hydrogen) atoms. The maximum Gasteiger partial charge on any atom is 0.280 e. The van der Waals surface area contributed by atoms with E-state index >= 15 is 0 Å². The lowest BCUT2D eigenvalue weighted by Gasteiger charge is -2.28. The molecule has 5 heteroatoms. The quantitative estimate of drug-likeness (QED) is 0.762. The van der Waals surface area contributed by atoms with Crippen molar-refractivity contribution < 1.29 is 9.53 Å². The van der Waals surface area contributed by atoms with Crippen LogP contribution in [0.25, 0.3) is 6.08 Å². The molecule has 2 aromatic carbocycles. The van der Waals surface area contributed by atoms with Crippen LogP contribution < -0.4 is 9.91 Å². The van der Waals surface area contributed by atoms with E-state index in [4.69, 9.17) is 4.74 Å². The minimum atomic E-state index is -0.0843. The van der Waals surface area contributed by atoms with Crippen molar-refractivity contribution in [3.8, 4) is 0 Å². The molecular weight excluding hydrogens is 350 g/mol. The third-order valence-corrected chi connectivity index (χ3v) is 5.23. The van der Waals surface area contributed by atoms with Gasteiger partial charge in [0.25, 0.3) is 5.91 Å². The molecule has 0 aromatic heterocycles. The molecule has 4 rings (SSSR count). The summed E-state index contributed by atoms with van der Waals surface area (Å²) in [5.41, 5.74) is 5.60. The third kappa shape index (κ3) is 3.71. The second-order valence-electron chi connectivity index (χ2n) is 7.07. The van der Waals surface area contributed by atoms with Crippen LogP contribution in [0.2, 0.25) is 0 Å². The van der Waals surface area contributed by atoms with Gasteiger partial charge in [-0.05, 0) is 54.8 Å². The number of aryl methyl sites for hydroxylation is 1. The lowest BCUT2D eigenvalue weighted by atomic mass is 10.1. The van der Waals surface area contributed by atoms with Crippen molar-refractivity contribution in [3.63, 3.8) is 0 Å². The lowest BCUT2D eigenvalue weighted by molar-refractivity contribution is -0.114. The van der Waals surface area contributed by atoms with Gasteiger partial charge in [-0.1, -0.05) is 31.2 Å². The van der Waals surface area contributed by atoms with E-state index in [1.807, 2.05) is 37.3 Å². The highest BCUT2D eigenvalue weighted by molar-refractivity contribution is 6.32. The van der Waals surface area contributed by atoms with Gasteiger partial charge in [0.05, 0.1) is 30.2 Å². The van der Waals surface area contributed by atoms with Gasteiger partial charge in [0, 0.05) is 18.8 Å². The number of hydrogen-bond acceptors (Lipinski definition) is 4. The number of benzene rings is 2. The first kappa shape index (κ1) is 18.4. The Morgan fingerprint density at radius 1 is 1.00 bits per heavy atom. The number of morpholine rings is 1. The highest BCUT2D eigenvalue weighted by Crippen LogP contribution is 2.26. The highest BCUT2D eigenvalue weighted by atomic mass is 16.5. The predicted octanol–water partition coefficient (Wildman–Crippen LogP) is 3.89. The zero-order chi connectivity index (χ0) is 19.5. The maximum absolute atomic E-state index is 12.9. The average Bonchev–Trinajstić information content (AvgIpc) is 3.03. The molecule has 0 N–H and O–H groups in total. The third-order valence-electron chi connectivity index (χ3n) is 5.23. The number of carbonyl (C=O) groups excluding carboxylic acids is 1. The average molecular weight is 375 g/mol. The molecule has 1 amide bonds. The molecule has 0 atom stereocenters. The molecule has 0 spiro atoms. The normalized spacial score (nSPS) is 18.7. The van der Waals surface area contributed by atoms with E-state index in [1.165, 1.54) is 16.3 Å². The number of nitrogens with zero attached hydrogens (tertiary/aromatic N) is 3. The van der Waals surface area contributed by atoms with Gasteiger partial charge in [0.15, 0.2) is 0 Å². The fourth-order valence-corrected chi connectivity index (χ4v) is 3.50. The summed E-state index contributed by atoms with van der Waals surface area (Å²) in [6.07, 6.45) is 2.90. The summed E-state index contributed by atoms with van der Waals surface area (Å²) in [6, 6.07) is 16.3. The number of hydrogen-bond donors (Lipinski definition) is 0. The van der Waals surface area contributed by atoms with Gasteiger partial charge in [-0.3, -0.25) is 4.79 Å². The molecule has 2 aromatic rings. The first-order valence-corrected chi connectivity index (χ1v) is 9.79.